The average Bonchev–Trinajstić information content (AvgIpc) is 3.17. The third kappa shape index (κ3) is 4.34. The van der Waals surface area contributed by atoms with Crippen LogP contribution in [0.15, 0.2) is 64.2 Å². The van der Waals surface area contributed by atoms with E-state index in [-0.39, 0.29) is 13.2 Å². The Bertz CT molecular complexity index is 1420. The van der Waals surface area contributed by atoms with Crippen molar-refractivity contribution in [1.82, 2.24) is 9.13 Å². The zero-order valence-corrected chi connectivity index (χ0v) is 19.5. The van der Waals surface area contributed by atoms with Crippen LogP contribution in [0.1, 0.15) is 18.1 Å². The molecule has 170 valence electrons. The highest BCUT2D eigenvalue weighted by molar-refractivity contribution is 7.22. The van der Waals surface area contributed by atoms with E-state index in [1.54, 1.807) is 18.6 Å². The highest BCUT2D eigenvalue weighted by Crippen LogP contribution is 2.37. The van der Waals surface area contributed by atoms with Gasteiger partial charge in [-0.15, -0.1) is 11.3 Å². The topological polar surface area (TPSA) is 79.5 Å². The number of ether oxygens (including phenoxy) is 2. The summed E-state index contributed by atoms with van der Waals surface area (Å²) in [6.07, 6.45) is 0. The average molecular weight is 465 g/mol. The number of esters is 1. The van der Waals surface area contributed by atoms with Crippen LogP contribution in [0.3, 0.4) is 0 Å². The minimum atomic E-state index is -0.620. The molecule has 7 nitrogen and oxygen atoms in total. The van der Waals surface area contributed by atoms with Gasteiger partial charge in [-0.25, -0.2) is 9.36 Å². The highest BCUT2D eigenvalue weighted by atomic mass is 32.1. The van der Waals surface area contributed by atoms with E-state index in [1.807, 2.05) is 61.5 Å². The van der Waals surface area contributed by atoms with Crippen molar-refractivity contribution in [3.8, 4) is 16.2 Å². The number of aryl methyl sites for hydroxylation is 1. The molecule has 0 amide bonds. The van der Waals surface area contributed by atoms with Crippen molar-refractivity contribution in [2.45, 2.75) is 26.9 Å². The van der Waals surface area contributed by atoms with Crippen LogP contribution in [-0.2, 0) is 22.6 Å². The number of hydrogen-bond acceptors (Lipinski definition) is 6. The first kappa shape index (κ1) is 22.5. The van der Waals surface area contributed by atoms with E-state index in [0.717, 1.165) is 31.9 Å². The maximum absolute atomic E-state index is 13.4. The van der Waals surface area contributed by atoms with E-state index in [0.29, 0.717) is 10.2 Å². The number of hydrogen-bond donors (Lipinski definition) is 0. The van der Waals surface area contributed by atoms with Crippen molar-refractivity contribution < 1.29 is 14.3 Å². The summed E-state index contributed by atoms with van der Waals surface area (Å²) < 4.78 is 12.8. The zero-order chi connectivity index (χ0) is 23.5. The van der Waals surface area contributed by atoms with E-state index in [4.69, 9.17) is 9.47 Å². The lowest BCUT2D eigenvalue weighted by Gasteiger charge is -2.12. The molecule has 4 rings (SSSR count). The molecule has 0 N–H and O–H groups in total. The summed E-state index contributed by atoms with van der Waals surface area (Å²) in [5.41, 5.74) is 1.58. The minimum absolute atomic E-state index is 0.174. The number of aromatic nitrogens is 2. The number of nitrogens with zero attached hydrogens (tertiary/aromatic N) is 2. The van der Waals surface area contributed by atoms with Crippen LogP contribution >= 0.6 is 11.3 Å². The molecule has 2 heterocycles. The van der Waals surface area contributed by atoms with Crippen LogP contribution in [0.25, 0.3) is 20.7 Å². The molecule has 2 aromatic heterocycles. The Morgan fingerprint density at radius 2 is 1.70 bits per heavy atom. The normalized spacial score (nSPS) is 11.0. The van der Waals surface area contributed by atoms with E-state index in [9.17, 15) is 14.4 Å². The number of rotatable bonds is 7. The van der Waals surface area contributed by atoms with Gasteiger partial charge in [0.05, 0.1) is 25.6 Å². The summed E-state index contributed by atoms with van der Waals surface area (Å²) in [7, 11) is 1.61. The molecule has 8 heteroatoms. The van der Waals surface area contributed by atoms with Gasteiger partial charge in [-0.05, 0) is 54.8 Å². The molecule has 0 saturated carbocycles. The molecule has 4 aromatic rings. The van der Waals surface area contributed by atoms with Crippen LogP contribution in [0.2, 0.25) is 0 Å². The summed E-state index contributed by atoms with van der Waals surface area (Å²) in [4.78, 5) is 40.4. The van der Waals surface area contributed by atoms with Gasteiger partial charge in [0.25, 0.3) is 5.56 Å². The molecule has 0 atom stereocenters. The number of benzene rings is 2. The lowest BCUT2D eigenvalue weighted by Crippen LogP contribution is -2.42. The lowest BCUT2D eigenvalue weighted by atomic mass is 10.1. The smallest absolute Gasteiger partial charge is 0.332 e. The molecule has 0 aliphatic carbocycles. The molecule has 33 heavy (non-hydrogen) atoms. The van der Waals surface area contributed by atoms with Crippen molar-refractivity contribution >= 4 is 27.5 Å². The van der Waals surface area contributed by atoms with Gasteiger partial charge in [0.2, 0.25) is 0 Å². The fourth-order valence-corrected chi connectivity index (χ4v) is 5.09. The van der Waals surface area contributed by atoms with E-state index < -0.39 is 23.8 Å². The molecule has 2 aromatic carbocycles. The maximum atomic E-state index is 13.4. The van der Waals surface area contributed by atoms with Crippen molar-refractivity contribution in [2.24, 2.45) is 0 Å². The molecule has 0 radical (unpaired) electrons. The Hall–Kier alpha value is -3.65. The van der Waals surface area contributed by atoms with Crippen LogP contribution in [0.5, 0.6) is 5.75 Å². The first-order valence-corrected chi connectivity index (χ1v) is 11.4. The fraction of sp³-hybridized carbons (Fsp3) is 0.240. The second kappa shape index (κ2) is 9.46. The summed E-state index contributed by atoms with van der Waals surface area (Å²) >= 11 is 1.40. The SMILES string of the molecule is CCOC(=O)Cn1c(=O)c2c(C)c(-c3ccc(OC)cc3)sc2n(Cc2ccccc2)c1=O. The zero-order valence-electron chi connectivity index (χ0n) is 18.7. The monoisotopic (exact) mass is 464 g/mol. The van der Waals surface area contributed by atoms with Crippen molar-refractivity contribution in [1.29, 1.82) is 0 Å². The Balaban J connectivity index is 1.96. The number of methoxy groups -OCH3 is 1. The maximum Gasteiger partial charge on any atom is 0.332 e. The molecule has 0 bridgehead atoms. The number of thiophene rings is 1. The summed E-state index contributed by atoms with van der Waals surface area (Å²) in [6, 6.07) is 17.1. The standard InChI is InChI=1S/C25H24N2O5S/c1-4-32-20(28)15-26-23(29)21-16(2)22(18-10-12-19(31-3)13-11-18)33-24(21)27(25(26)30)14-17-8-6-5-7-9-17/h5-13H,4,14-15H2,1-3H3. The Morgan fingerprint density at radius 1 is 1.00 bits per heavy atom. The second-order valence-corrected chi connectivity index (χ2v) is 8.51. The van der Waals surface area contributed by atoms with E-state index >= 15 is 0 Å². The van der Waals surface area contributed by atoms with Crippen LogP contribution in [-0.4, -0.2) is 28.8 Å². The number of fused-ring (bicyclic) bond motifs is 1. The molecule has 0 unspecified atom stereocenters. The van der Waals surface area contributed by atoms with Crippen molar-refractivity contribution in [2.75, 3.05) is 13.7 Å². The highest BCUT2D eigenvalue weighted by Gasteiger charge is 2.22. The van der Waals surface area contributed by atoms with Crippen LogP contribution < -0.4 is 16.0 Å². The van der Waals surface area contributed by atoms with Crippen LogP contribution in [0.4, 0.5) is 0 Å². The molecule has 0 fully saturated rings. The lowest BCUT2D eigenvalue weighted by molar-refractivity contribution is -0.143. The largest absolute Gasteiger partial charge is 0.497 e. The van der Waals surface area contributed by atoms with E-state index in [2.05, 4.69) is 0 Å². The predicted octanol–water partition coefficient (Wildman–Crippen LogP) is 3.82. The summed E-state index contributed by atoms with van der Waals surface area (Å²) in [5, 5.41) is 0.436. The van der Waals surface area contributed by atoms with Gasteiger partial charge < -0.3 is 9.47 Å². The van der Waals surface area contributed by atoms with Gasteiger partial charge in [-0.3, -0.25) is 14.2 Å². The Morgan fingerprint density at radius 3 is 2.33 bits per heavy atom. The predicted molar refractivity (Wildman–Crippen MR) is 129 cm³/mol. The number of carbonyl (C=O) groups excluding carboxylic acids is 1. The Kier molecular flexibility index (Phi) is 6.46. The van der Waals surface area contributed by atoms with Crippen LogP contribution in [0, 0.1) is 6.92 Å². The van der Waals surface area contributed by atoms with Gasteiger partial charge in [0.15, 0.2) is 0 Å². The van der Waals surface area contributed by atoms with Gasteiger partial charge >= 0.3 is 11.7 Å². The summed E-state index contributed by atoms with van der Waals surface area (Å²) in [5.74, 6) is 0.112. The molecular weight excluding hydrogens is 440 g/mol. The molecule has 0 aliphatic heterocycles. The molecule has 0 aliphatic rings. The van der Waals surface area contributed by atoms with E-state index in [1.165, 1.54) is 11.3 Å². The van der Waals surface area contributed by atoms with Crippen molar-refractivity contribution in [3.05, 3.63) is 86.6 Å². The number of carbonyl (C=O) groups is 1. The second-order valence-electron chi connectivity index (χ2n) is 7.52. The van der Waals surface area contributed by atoms with Gasteiger partial charge in [-0.2, -0.15) is 0 Å². The quantitative estimate of drug-likeness (QED) is 0.389. The minimum Gasteiger partial charge on any atom is -0.497 e. The third-order valence-corrected chi connectivity index (χ3v) is 6.79. The molecular formula is C25H24N2O5S. The Labute approximate surface area is 194 Å². The van der Waals surface area contributed by atoms with Crippen molar-refractivity contribution in [3.63, 3.8) is 0 Å². The van der Waals surface area contributed by atoms with Gasteiger partial charge in [-0.1, -0.05) is 30.3 Å². The third-order valence-electron chi connectivity index (χ3n) is 5.42. The van der Waals surface area contributed by atoms with Gasteiger partial charge in [0, 0.05) is 4.88 Å². The fourth-order valence-electron chi connectivity index (χ4n) is 3.79. The molecule has 0 spiro atoms. The van der Waals surface area contributed by atoms with Gasteiger partial charge in [0.1, 0.15) is 17.1 Å². The first-order valence-electron chi connectivity index (χ1n) is 10.5. The summed E-state index contributed by atoms with van der Waals surface area (Å²) in [6.45, 7) is 3.57. The molecule has 0 saturated heterocycles. The first-order chi connectivity index (χ1) is 15.9.